The van der Waals surface area contributed by atoms with E-state index in [1.165, 1.54) is 7.11 Å². The Labute approximate surface area is 231 Å². The normalized spacial score (nSPS) is 17.2. The van der Waals surface area contributed by atoms with Gasteiger partial charge in [-0.15, -0.1) is 0 Å². The van der Waals surface area contributed by atoms with Crippen molar-refractivity contribution in [3.8, 4) is 11.5 Å². The zero-order valence-corrected chi connectivity index (χ0v) is 23.3. The number of hydrogen-bond acceptors (Lipinski definition) is 6. The Morgan fingerprint density at radius 2 is 1.89 bits per heavy atom. The molecule has 0 unspecified atom stereocenters. The molecule has 190 valence electrons. The van der Waals surface area contributed by atoms with Crippen LogP contribution in [0.15, 0.2) is 39.7 Å². The van der Waals surface area contributed by atoms with Gasteiger partial charge in [-0.05, 0) is 82.9 Å². The van der Waals surface area contributed by atoms with Gasteiger partial charge in [-0.1, -0.05) is 29.3 Å². The zero-order valence-electron chi connectivity index (χ0n) is 19.4. The van der Waals surface area contributed by atoms with Crippen LogP contribution in [0.4, 0.5) is 4.79 Å². The molecule has 0 N–H and O–H groups in total. The molecule has 0 saturated carbocycles. The second kappa shape index (κ2) is 11.9. The Balaban J connectivity index is 1.49. The number of ether oxygens (including phenoxy) is 2. The fourth-order valence-corrected chi connectivity index (χ4v) is 5.79. The molecule has 0 atom stereocenters. The van der Waals surface area contributed by atoms with Crippen LogP contribution < -0.4 is 9.47 Å². The molecule has 2 aromatic rings. The predicted molar refractivity (Wildman–Crippen MR) is 145 cm³/mol. The van der Waals surface area contributed by atoms with Crippen molar-refractivity contribution < 1.29 is 23.9 Å². The lowest BCUT2D eigenvalue weighted by molar-refractivity contribution is -0.136. The Morgan fingerprint density at radius 1 is 1.14 bits per heavy atom. The summed E-state index contributed by atoms with van der Waals surface area (Å²) in [5.74, 6) is 0.203. The molecular weight excluding hydrogens is 591 g/mol. The van der Waals surface area contributed by atoms with Crippen LogP contribution in [-0.4, -0.2) is 53.6 Å². The Bertz CT molecular complexity index is 1230. The highest BCUT2D eigenvalue weighted by atomic mass is 79.9. The standard InChI is InChI=1S/C25H23BrCl2N2O5S/c1-34-20-10-15(9-18(26)23(20)35-14-16-5-6-17(27)12-19(16)28)11-21-24(32)30(25(33)36-21)13-22(31)29-7-3-2-4-8-29/h5-6,9-12H,2-4,7-8,13-14H2,1H3/b21-11+. The average molecular weight is 614 g/mol. The number of nitrogens with zero attached hydrogens (tertiary/aromatic N) is 2. The number of piperidine rings is 1. The third kappa shape index (κ3) is 6.19. The van der Waals surface area contributed by atoms with Crippen molar-refractivity contribution in [2.45, 2.75) is 25.9 Å². The zero-order chi connectivity index (χ0) is 25.8. The summed E-state index contributed by atoms with van der Waals surface area (Å²) in [6, 6.07) is 8.62. The quantitative estimate of drug-likeness (QED) is 0.337. The van der Waals surface area contributed by atoms with Gasteiger partial charge >= 0.3 is 0 Å². The molecule has 0 spiro atoms. The monoisotopic (exact) mass is 612 g/mol. The van der Waals surface area contributed by atoms with Gasteiger partial charge in [0.25, 0.3) is 11.1 Å². The van der Waals surface area contributed by atoms with E-state index in [9.17, 15) is 14.4 Å². The van der Waals surface area contributed by atoms with E-state index in [0.717, 1.165) is 41.5 Å². The highest BCUT2D eigenvalue weighted by molar-refractivity contribution is 9.10. The molecule has 2 saturated heterocycles. The molecule has 0 aliphatic carbocycles. The number of benzene rings is 2. The topological polar surface area (TPSA) is 76.2 Å². The van der Waals surface area contributed by atoms with Gasteiger partial charge in [0.1, 0.15) is 13.2 Å². The fraction of sp³-hybridized carbons (Fsp3) is 0.320. The maximum atomic E-state index is 12.9. The van der Waals surface area contributed by atoms with E-state index >= 15 is 0 Å². The lowest BCUT2D eigenvalue weighted by atomic mass is 10.1. The van der Waals surface area contributed by atoms with Crippen molar-refractivity contribution in [3.63, 3.8) is 0 Å². The summed E-state index contributed by atoms with van der Waals surface area (Å²) in [5.41, 5.74) is 1.38. The molecule has 2 heterocycles. The molecule has 0 bridgehead atoms. The minimum atomic E-state index is -0.483. The molecule has 7 nitrogen and oxygen atoms in total. The van der Waals surface area contributed by atoms with Crippen molar-refractivity contribution in [1.29, 1.82) is 0 Å². The molecule has 2 aromatic carbocycles. The Morgan fingerprint density at radius 3 is 2.58 bits per heavy atom. The van der Waals surface area contributed by atoms with E-state index in [2.05, 4.69) is 15.9 Å². The van der Waals surface area contributed by atoms with E-state index in [1.807, 2.05) is 0 Å². The largest absolute Gasteiger partial charge is 0.493 e. The van der Waals surface area contributed by atoms with E-state index in [4.69, 9.17) is 32.7 Å². The summed E-state index contributed by atoms with van der Waals surface area (Å²) in [6.45, 7) is 1.28. The minimum absolute atomic E-state index is 0.189. The number of thioether (sulfide) groups is 1. The van der Waals surface area contributed by atoms with Crippen molar-refractivity contribution in [1.82, 2.24) is 9.80 Å². The maximum absolute atomic E-state index is 12.9. The molecular formula is C25H23BrCl2N2O5S. The van der Waals surface area contributed by atoms with Crippen LogP contribution in [0.3, 0.4) is 0 Å². The summed E-state index contributed by atoms with van der Waals surface area (Å²) in [5, 5.41) is 0.568. The number of methoxy groups -OCH3 is 1. The first kappa shape index (κ1) is 26.9. The predicted octanol–water partition coefficient (Wildman–Crippen LogP) is 6.39. The number of imide groups is 1. The van der Waals surface area contributed by atoms with Crippen molar-refractivity contribution in [2.24, 2.45) is 0 Å². The van der Waals surface area contributed by atoms with Gasteiger partial charge in [-0.3, -0.25) is 19.3 Å². The third-order valence-electron chi connectivity index (χ3n) is 5.81. The Hall–Kier alpha value is -2.20. The van der Waals surface area contributed by atoms with Crippen LogP contribution >= 0.6 is 50.9 Å². The van der Waals surface area contributed by atoms with Crippen LogP contribution in [0.1, 0.15) is 30.4 Å². The van der Waals surface area contributed by atoms with E-state index in [0.29, 0.717) is 44.7 Å². The van der Waals surface area contributed by atoms with Crippen LogP contribution in [0.2, 0.25) is 10.0 Å². The second-order valence-electron chi connectivity index (χ2n) is 8.27. The third-order valence-corrected chi connectivity index (χ3v) is 7.90. The number of carbonyl (C=O) groups excluding carboxylic acids is 3. The molecule has 0 radical (unpaired) electrons. The summed E-state index contributed by atoms with van der Waals surface area (Å²) in [7, 11) is 1.51. The van der Waals surface area contributed by atoms with Crippen molar-refractivity contribution in [3.05, 3.63) is 60.9 Å². The second-order valence-corrected chi connectivity index (χ2v) is 11.0. The van der Waals surface area contributed by atoms with Gasteiger partial charge < -0.3 is 14.4 Å². The number of hydrogen-bond donors (Lipinski definition) is 0. The molecule has 2 aliphatic heterocycles. The van der Waals surface area contributed by atoms with Gasteiger partial charge in [0, 0.05) is 28.7 Å². The lowest BCUT2D eigenvalue weighted by Crippen LogP contribution is -2.44. The summed E-state index contributed by atoms with van der Waals surface area (Å²) < 4.78 is 12.0. The molecule has 11 heteroatoms. The first-order valence-electron chi connectivity index (χ1n) is 11.2. The van der Waals surface area contributed by atoms with Gasteiger partial charge in [-0.2, -0.15) is 0 Å². The first-order valence-corrected chi connectivity index (χ1v) is 13.6. The highest BCUT2D eigenvalue weighted by Gasteiger charge is 2.37. The van der Waals surface area contributed by atoms with Gasteiger partial charge in [0.15, 0.2) is 11.5 Å². The Kier molecular flexibility index (Phi) is 8.87. The van der Waals surface area contributed by atoms with Crippen molar-refractivity contribution in [2.75, 3.05) is 26.7 Å². The summed E-state index contributed by atoms with van der Waals surface area (Å²) >= 11 is 16.5. The molecule has 0 aromatic heterocycles. The average Bonchev–Trinajstić information content (AvgIpc) is 3.11. The van der Waals surface area contributed by atoms with Crippen LogP contribution in [0, 0.1) is 0 Å². The molecule has 2 aliphatic rings. The number of likely N-dealkylation sites (tertiary alicyclic amines) is 1. The summed E-state index contributed by atoms with van der Waals surface area (Å²) in [4.78, 5) is 41.0. The van der Waals surface area contributed by atoms with E-state index in [-0.39, 0.29) is 24.0 Å². The minimum Gasteiger partial charge on any atom is -0.493 e. The SMILES string of the molecule is COc1cc(/C=C2/SC(=O)N(CC(=O)N3CCCCC3)C2=O)cc(Br)c1OCc1ccc(Cl)cc1Cl. The van der Waals surface area contributed by atoms with Crippen molar-refractivity contribution >= 4 is 74.0 Å². The lowest BCUT2D eigenvalue weighted by Gasteiger charge is -2.27. The first-order chi connectivity index (χ1) is 17.3. The molecule has 4 rings (SSSR count). The number of halogens is 3. The van der Waals surface area contributed by atoms with Crippen LogP contribution in [0.25, 0.3) is 6.08 Å². The maximum Gasteiger partial charge on any atom is 0.294 e. The molecule has 2 fully saturated rings. The van der Waals surface area contributed by atoms with Gasteiger partial charge in [-0.25, -0.2) is 0 Å². The van der Waals surface area contributed by atoms with E-state index < -0.39 is 11.1 Å². The fourth-order valence-electron chi connectivity index (χ4n) is 3.92. The van der Waals surface area contributed by atoms with Gasteiger partial charge in [0.05, 0.1) is 16.5 Å². The molecule has 3 amide bonds. The summed E-state index contributed by atoms with van der Waals surface area (Å²) in [6.07, 6.45) is 4.57. The number of rotatable bonds is 7. The highest BCUT2D eigenvalue weighted by Crippen LogP contribution is 2.40. The number of carbonyl (C=O) groups is 3. The molecule has 36 heavy (non-hydrogen) atoms. The van der Waals surface area contributed by atoms with Crippen LogP contribution in [-0.2, 0) is 16.2 Å². The van der Waals surface area contributed by atoms with Gasteiger partial charge in [0.2, 0.25) is 5.91 Å². The van der Waals surface area contributed by atoms with Crippen LogP contribution in [0.5, 0.6) is 11.5 Å². The number of amides is 3. The van der Waals surface area contributed by atoms with E-state index in [1.54, 1.807) is 41.3 Å². The smallest absolute Gasteiger partial charge is 0.294 e.